The summed E-state index contributed by atoms with van der Waals surface area (Å²) in [5.74, 6) is 1.51. The molecule has 0 aliphatic carbocycles. The van der Waals surface area contributed by atoms with Gasteiger partial charge in [-0.3, -0.25) is 9.69 Å². The van der Waals surface area contributed by atoms with Gasteiger partial charge in [-0.2, -0.15) is 0 Å². The van der Waals surface area contributed by atoms with Crippen molar-refractivity contribution in [1.82, 2.24) is 14.5 Å². The molecule has 0 unspecified atom stereocenters. The van der Waals surface area contributed by atoms with Crippen molar-refractivity contribution in [2.75, 3.05) is 18.9 Å². The number of amides is 1. The molecule has 1 aromatic heterocycles. The van der Waals surface area contributed by atoms with Crippen LogP contribution >= 0.6 is 0 Å². The SMILES string of the molecule is CN(CC(=O)Nc1cnc2n1CCCC2)Cc1ccc(F)cc1. The molecule has 1 aliphatic rings. The number of nitrogens with one attached hydrogen (secondary N) is 1. The molecule has 3 rings (SSSR count). The first-order valence-corrected chi connectivity index (χ1v) is 7.89. The Kier molecular flexibility index (Phi) is 4.71. The van der Waals surface area contributed by atoms with Crippen molar-refractivity contribution in [3.63, 3.8) is 0 Å². The third-order valence-electron chi connectivity index (χ3n) is 4.02. The van der Waals surface area contributed by atoms with Crippen molar-refractivity contribution in [1.29, 1.82) is 0 Å². The van der Waals surface area contributed by atoms with Gasteiger partial charge in [0.15, 0.2) is 0 Å². The summed E-state index contributed by atoms with van der Waals surface area (Å²) in [4.78, 5) is 18.5. The number of likely N-dealkylation sites (N-methyl/N-ethyl adjacent to an activating group) is 1. The lowest BCUT2D eigenvalue weighted by atomic mass is 10.2. The normalized spacial score (nSPS) is 13.9. The van der Waals surface area contributed by atoms with E-state index in [9.17, 15) is 9.18 Å². The van der Waals surface area contributed by atoms with Gasteiger partial charge < -0.3 is 9.88 Å². The molecular weight excluding hydrogens is 295 g/mol. The number of carbonyl (C=O) groups is 1. The maximum Gasteiger partial charge on any atom is 0.239 e. The molecule has 1 aliphatic heterocycles. The number of aromatic nitrogens is 2. The molecule has 5 nitrogen and oxygen atoms in total. The molecule has 122 valence electrons. The van der Waals surface area contributed by atoms with Gasteiger partial charge in [0.1, 0.15) is 17.5 Å². The molecule has 0 fully saturated rings. The van der Waals surface area contributed by atoms with Gasteiger partial charge in [-0.25, -0.2) is 9.37 Å². The predicted molar refractivity (Wildman–Crippen MR) is 86.5 cm³/mol. The van der Waals surface area contributed by atoms with Gasteiger partial charge in [0, 0.05) is 19.5 Å². The van der Waals surface area contributed by atoms with Gasteiger partial charge in [0.2, 0.25) is 5.91 Å². The Morgan fingerprint density at radius 1 is 1.35 bits per heavy atom. The van der Waals surface area contributed by atoms with E-state index in [-0.39, 0.29) is 18.3 Å². The summed E-state index contributed by atoms with van der Waals surface area (Å²) in [5.41, 5.74) is 0.975. The first-order valence-electron chi connectivity index (χ1n) is 7.89. The summed E-state index contributed by atoms with van der Waals surface area (Å²) in [5, 5.41) is 2.94. The van der Waals surface area contributed by atoms with E-state index >= 15 is 0 Å². The van der Waals surface area contributed by atoms with Crippen LogP contribution in [0.1, 0.15) is 24.2 Å². The third kappa shape index (κ3) is 3.96. The monoisotopic (exact) mass is 316 g/mol. The van der Waals surface area contributed by atoms with Crippen LogP contribution in [0.5, 0.6) is 0 Å². The number of nitrogens with zero attached hydrogens (tertiary/aromatic N) is 3. The molecule has 0 radical (unpaired) electrons. The van der Waals surface area contributed by atoms with E-state index in [1.54, 1.807) is 18.3 Å². The van der Waals surface area contributed by atoms with Gasteiger partial charge in [-0.15, -0.1) is 0 Å². The average Bonchev–Trinajstić information content (AvgIpc) is 2.93. The number of hydrogen-bond acceptors (Lipinski definition) is 3. The molecule has 1 aromatic carbocycles. The van der Waals surface area contributed by atoms with Crippen LogP contribution in [0.3, 0.4) is 0 Å². The Bertz CT molecular complexity index is 680. The van der Waals surface area contributed by atoms with E-state index < -0.39 is 0 Å². The van der Waals surface area contributed by atoms with Crippen molar-refractivity contribution in [2.24, 2.45) is 0 Å². The van der Waals surface area contributed by atoms with Crippen molar-refractivity contribution in [2.45, 2.75) is 32.4 Å². The summed E-state index contributed by atoms with van der Waals surface area (Å²) in [6.45, 7) is 1.78. The number of halogens is 1. The first kappa shape index (κ1) is 15.7. The van der Waals surface area contributed by atoms with Gasteiger partial charge in [-0.1, -0.05) is 12.1 Å². The summed E-state index contributed by atoms with van der Waals surface area (Å²) in [6, 6.07) is 6.33. The standard InChI is InChI=1S/C17H21FN4O/c1-21(11-13-5-7-14(18)8-6-13)12-17(23)20-16-10-19-15-4-2-3-9-22(15)16/h5-8,10H,2-4,9,11-12H2,1H3,(H,20,23). The highest BCUT2D eigenvalue weighted by Crippen LogP contribution is 2.19. The molecule has 0 saturated heterocycles. The van der Waals surface area contributed by atoms with Crippen LogP contribution in [-0.2, 0) is 24.3 Å². The second-order valence-electron chi connectivity index (χ2n) is 6.02. The highest BCUT2D eigenvalue weighted by molar-refractivity contribution is 5.91. The van der Waals surface area contributed by atoms with E-state index in [0.717, 1.165) is 43.0 Å². The van der Waals surface area contributed by atoms with E-state index in [2.05, 4.69) is 14.9 Å². The van der Waals surface area contributed by atoms with Crippen LogP contribution in [0.2, 0.25) is 0 Å². The molecule has 1 N–H and O–H groups in total. The number of aryl methyl sites for hydroxylation is 1. The maximum absolute atomic E-state index is 12.9. The number of imidazole rings is 1. The van der Waals surface area contributed by atoms with Gasteiger partial charge >= 0.3 is 0 Å². The zero-order chi connectivity index (χ0) is 16.2. The van der Waals surface area contributed by atoms with Crippen molar-refractivity contribution in [3.8, 4) is 0 Å². The predicted octanol–water partition coefficient (Wildman–Crippen LogP) is 2.43. The molecule has 2 aromatic rings. The molecule has 23 heavy (non-hydrogen) atoms. The molecular formula is C17H21FN4O. The first-order chi connectivity index (χ1) is 11.1. The number of anilines is 1. The Morgan fingerprint density at radius 2 is 2.13 bits per heavy atom. The lowest BCUT2D eigenvalue weighted by molar-refractivity contribution is -0.117. The van der Waals surface area contributed by atoms with Crippen molar-refractivity contribution < 1.29 is 9.18 Å². The summed E-state index contributed by atoms with van der Waals surface area (Å²) < 4.78 is 15.0. The van der Waals surface area contributed by atoms with Gasteiger partial charge in [-0.05, 0) is 37.6 Å². The Hall–Kier alpha value is -2.21. The summed E-state index contributed by atoms with van der Waals surface area (Å²) >= 11 is 0. The van der Waals surface area contributed by atoms with Crippen LogP contribution in [-0.4, -0.2) is 34.0 Å². The molecule has 0 bridgehead atoms. The third-order valence-corrected chi connectivity index (χ3v) is 4.02. The smallest absolute Gasteiger partial charge is 0.239 e. The fourth-order valence-corrected chi connectivity index (χ4v) is 2.90. The second kappa shape index (κ2) is 6.91. The fraction of sp³-hybridized carbons (Fsp3) is 0.412. The lowest BCUT2D eigenvalue weighted by Crippen LogP contribution is -2.30. The number of fused-ring (bicyclic) bond motifs is 1. The average molecular weight is 316 g/mol. The molecule has 0 atom stereocenters. The minimum Gasteiger partial charge on any atom is -0.315 e. The van der Waals surface area contributed by atoms with Crippen LogP contribution in [0, 0.1) is 5.82 Å². The Balaban J connectivity index is 1.54. The maximum atomic E-state index is 12.9. The summed E-state index contributed by atoms with van der Waals surface area (Å²) in [6.07, 6.45) is 4.99. The minimum absolute atomic E-state index is 0.0668. The quantitative estimate of drug-likeness (QED) is 0.922. The van der Waals surface area contributed by atoms with Gasteiger partial charge in [0.05, 0.1) is 12.7 Å². The lowest BCUT2D eigenvalue weighted by Gasteiger charge is -2.19. The highest BCUT2D eigenvalue weighted by atomic mass is 19.1. The van der Waals surface area contributed by atoms with E-state index in [1.165, 1.54) is 12.1 Å². The number of hydrogen-bond donors (Lipinski definition) is 1. The molecule has 0 saturated carbocycles. The zero-order valence-electron chi connectivity index (χ0n) is 13.3. The van der Waals surface area contributed by atoms with Crippen LogP contribution in [0.25, 0.3) is 0 Å². The van der Waals surface area contributed by atoms with Crippen LogP contribution in [0.4, 0.5) is 10.2 Å². The Morgan fingerprint density at radius 3 is 2.91 bits per heavy atom. The van der Waals surface area contributed by atoms with E-state index in [0.29, 0.717) is 6.54 Å². The van der Waals surface area contributed by atoms with Crippen LogP contribution in [0.15, 0.2) is 30.5 Å². The minimum atomic E-state index is -0.250. The van der Waals surface area contributed by atoms with Crippen molar-refractivity contribution >= 4 is 11.7 Å². The molecule has 2 heterocycles. The molecule has 1 amide bonds. The topological polar surface area (TPSA) is 50.2 Å². The fourth-order valence-electron chi connectivity index (χ4n) is 2.90. The van der Waals surface area contributed by atoms with E-state index in [4.69, 9.17) is 0 Å². The second-order valence-corrected chi connectivity index (χ2v) is 6.02. The summed E-state index contributed by atoms with van der Waals surface area (Å²) in [7, 11) is 1.87. The largest absolute Gasteiger partial charge is 0.315 e. The number of benzene rings is 1. The van der Waals surface area contributed by atoms with Crippen LogP contribution < -0.4 is 5.32 Å². The number of rotatable bonds is 5. The van der Waals surface area contributed by atoms with Gasteiger partial charge in [0.25, 0.3) is 0 Å². The highest BCUT2D eigenvalue weighted by Gasteiger charge is 2.16. The Labute approximate surface area is 135 Å². The van der Waals surface area contributed by atoms with E-state index in [1.807, 2.05) is 11.9 Å². The molecule has 6 heteroatoms. The number of carbonyl (C=O) groups excluding carboxylic acids is 1. The molecule has 0 spiro atoms. The zero-order valence-corrected chi connectivity index (χ0v) is 13.3. The van der Waals surface area contributed by atoms with Crippen molar-refractivity contribution in [3.05, 3.63) is 47.7 Å².